The molecule has 0 aliphatic heterocycles. The van der Waals surface area contributed by atoms with Crippen molar-refractivity contribution in [3.05, 3.63) is 58.1 Å². The Morgan fingerprint density at radius 1 is 0.688 bits per heavy atom. The van der Waals surface area contributed by atoms with E-state index in [9.17, 15) is 4.79 Å². The van der Waals surface area contributed by atoms with Crippen LogP contribution in [0.2, 0.25) is 10.0 Å². The number of benzene rings is 2. The maximum atomic E-state index is 12.5. The second-order valence-electron chi connectivity index (χ2n) is 8.71. The van der Waals surface area contributed by atoms with E-state index in [2.05, 4.69) is 12.2 Å². The lowest BCUT2D eigenvalue weighted by Gasteiger charge is -2.10. The largest absolute Gasteiger partial charge is 0.353 e. The molecular formula is C28H39Cl2NO. The molecule has 0 amide bonds. The highest BCUT2D eigenvalue weighted by Crippen LogP contribution is 2.32. The lowest BCUT2D eigenvalue weighted by Crippen LogP contribution is -1.99. The van der Waals surface area contributed by atoms with Gasteiger partial charge in [0, 0.05) is 17.7 Å². The van der Waals surface area contributed by atoms with Gasteiger partial charge in [0.15, 0.2) is 5.78 Å². The van der Waals surface area contributed by atoms with E-state index in [1.165, 1.54) is 70.6 Å². The highest BCUT2D eigenvalue weighted by atomic mass is 35.5. The van der Waals surface area contributed by atoms with Crippen molar-refractivity contribution in [3.63, 3.8) is 0 Å². The van der Waals surface area contributed by atoms with Gasteiger partial charge in [-0.05, 0) is 42.8 Å². The molecule has 32 heavy (non-hydrogen) atoms. The Morgan fingerprint density at radius 3 is 1.66 bits per heavy atom. The van der Waals surface area contributed by atoms with Gasteiger partial charge in [-0.15, -0.1) is 0 Å². The van der Waals surface area contributed by atoms with E-state index in [-0.39, 0.29) is 5.78 Å². The molecule has 2 nitrogen and oxygen atoms in total. The first-order valence-corrected chi connectivity index (χ1v) is 13.2. The number of rotatable bonds is 17. The molecule has 0 aliphatic carbocycles. The van der Waals surface area contributed by atoms with E-state index in [0.717, 1.165) is 24.1 Å². The van der Waals surface area contributed by atoms with Crippen molar-refractivity contribution in [1.82, 2.24) is 0 Å². The summed E-state index contributed by atoms with van der Waals surface area (Å²) in [5, 5.41) is 4.37. The zero-order valence-corrected chi connectivity index (χ0v) is 21.1. The summed E-state index contributed by atoms with van der Waals surface area (Å²) in [6, 6.07) is 12.9. The highest BCUT2D eigenvalue weighted by Gasteiger charge is 2.08. The van der Waals surface area contributed by atoms with Crippen LogP contribution in [0.5, 0.6) is 0 Å². The fourth-order valence-corrected chi connectivity index (χ4v) is 4.44. The van der Waals surface area contributed by atoms with Crippen LogP contribution in [-0.2, 0) is 0 Å². The van der Waals surface area contributed by atoms with Gasteiger partial charge in [-0.2, -0.15) is 0 Å². The summed E-state index contributed by atoms with van der Waals surface area (Å²) in [5.74, 6) is 0.218. The Balaban J connectivity index is 1.55. The number of hydrogen-bond acceptors (Lipinski definition) is 2. The van der Waals surface area contributed by atoms with Crippen LogP contribution in [0.25, 0.3) is 0 Å². The van der Waals surface area contributed by atoms with Gasteiger partial charge >= 0.3 is 0 Å². The number of nitrogens with one attached hydrogen (secondary N) is 1. The molecule has 0 fully saturated rings. The summed E-state index contributed by atoms with van der Waals surface area (Å²) < 4.78 is 0. The summed E-state index contributed by atoms with van der Waals surface area (Å²) >= 11 is 12.4. The minimum absolute atomic E-state index is 0.218. The van der Waals surface area contributed by atoms with Crippen LogP contribution in [0.3, 0.4) is 0 Å². The first-order valence-electron chi connectivity index (χ1n) is 12.5. The summed E-state index contributed by atoms with van der Waals surface area (Å²) in [4.78, 5) is 12.5. The maximum Gasteiger partial charge on any atom is 0.162 e. The molecule has 0 unspecified atom stereocenters. The first-order chi connectivity index (χ1) is 15.6. The molecule has 0 aromatic heterocycles. The van der Waals surface area contributed by atoms with Gasteiger partial charge in [-0.3, -0.25) is 4.79 Å². The van der Waals surface area contributed by atoms with Crippen molar-refractivity contribution < 1.29 is 4.79 Å². The molecule has 0 radical (unpaired) electrons. The molecule has 0 atom stereocenters. The van der Waals surface area contributed by atoms with Crippen LogP contribution >= 0.6 is 23.2 Å². The van der Waals surface area contributed by atoms with Crippen LogP contribution in [0.1, 0.15) is 107 Å². The molecule has 2 aromatic carbocycles. The number of unbranched alkanes of at least 4 members (excludes halogenated alkanes) is 12. The van der Waals surface area contributed by atoms with Crippen LogP contribution in [0, 0.1) is 0 Å². The van der Waals surface area contributed by atoms with Gasteiger partial charge in [0.2, 0.25) is 0 Å². The third kappa shape index (κ3) is 10.4. The van der Waals surface area contributed by atoms with Crippen molar-refractivity contribution >= 4 is 40.4 Å². The van der Waals surface area contributed by atoms with Gasteiger partial charge in [-0.25, -0.2) is 0 Å². The van der Waals surface area contributed by atoms with E-state index in [4.69, 9.17) is 23.2 Å². The van der Waals surface area contributed by atoms with Gasteiger partial charge in [0.1, 0.15) is 0 Å². The lowest BCUT2D eigenvalue weighted by molar-refractivity contribution is 0.0979. The highest BCUT2D eigenvalue weighted by molar-refractivity contribution is 6.39. The Labute approximate surface area is 205 Å². The Kier molecular flexibility index (Phi) is 13.5. The lowest BCUT2D eigenvalue weighted by atomic mass is 10.0. The molecule has 0 saturated carbocycles. The molecule has 0 bridgehead atoms. The number of carbonyl (C=O) groups excluding carboxylic acids is 1. The summed E-state index contributed by atoms with van der Waals surface area (Å²) in [6.07, 6.45) is 17.7. The Bertz CT molecular complexity index is 768. The third-order valence-electron chi connectivity index (χ3n) is 5.95. The third-order valence-corrected chi connectivity index (χ3v) is 6.58. The van der Waals surface area contributed by atoms with Gasteiger partial charge in [-0.1, -0.05) is 113 Å². The van der Waals surface area contributed by atoms with E-state index in [0.29, 0.717) is 22.2 Å². The number of anilines is 2. The predicted octanol–water partition coefficient (Wildman–Crippen LogP) is 10.4. The van der Waals surface area contributed by atoms with Crippen LogP contribution in [-0.4, -0.2) is 5.78 Å². The number of hydrogen-bond donors (Lipinski definition) is 1. The quantitative estimate of drug-likeness (QED) is 0.182. The predicted molar refractivity (Wildman–Crippen MR) is 141 cm³/mol. The van der Waals surface area contributed by atoms with Crippen molar-refractivity contribution in [3.8, 4) is 0 Å². The fraction of sp³-hybridized carbons (Fsp3) is 0.536. The summed E-state index contributed by atoms with van der Waals surface area (Å²) in [6.45, 7) is 2.27. The number of para-hydroxylation sites is 1. The molecule has 0 saturated heterocycles. The van der Waals surface area contributed by atoms with Crippen molar-refractivity contribution in [2.75, 3.05) is 5.32 Å². The smallest absolute Gasteiger partial charge is 0.162 e. The van der Waals surface area contributed by atoms with Gasteiger partial charge < -0.3 is 5.32 Å². The van der Waals surface area contributed by atoms with Gasteiger partial charge in [0.05, 0.1) is 15.7 Å². The van der Waals surface area contributed by atoms with Crippen molar-refractivity contribution in [1.29, 1.82) is 0 Å². The molecule has 176 valence electrons. The second kappa shape index (κ2) is 16.2. The van der Waals surface area contributed by atoms with Crippen LogP contribution in [0.15, 0.2) is 42.5 Å². The summed E-state index contributed by atoms with van der Waals surface area (Å²) in [5.41, 5.74) is 2.30. The average Bonchev–Trinajstić information content (AvgIpc) is 2.80. The average molecular weight is 477 g/mol. The number of halogens is 2. The van der Waals surface area contributed by atoms with E-state index in [1.54, 1.807) is 12.1 Å². The Hall–Kier alpha value is -1.51. The minimum atomic E-state index is 0.218. The van der Waals surface area contributed by atoms with Gasteiger partial charge in [0.25, 0.3) is 0 Å². The van der Waals surface area contributed by atoms with E-state index < -0.39 is 0 Å². The molecule has 0 spiro atoms. The zero-order chi connectivity index (χ0) is 23.0. The second-order valence-corrected chi connectivity index (χ2v) is 9.53. The number of carbonyl (C=O) groups is 1. The van der Waals surface area contributed by atoms with E-state index in [1.807, 2.05) is 30.3 Å². The molecule has 4 heteroatoms. The van der Waals surface area contributed by atoms with Crippen molar-refractivity contribution in [2.24, 2.45) is 0 Å². The Morgan fingerprint density at radius 2 is 1.16 bits per heavy atom. The normalized spacial score (nSPS) is 11.0. The van der Waals surface area contributed by atoms with Crippen LogP contribution in [0.4, 0.5) is 11.4 Å². The zero-order valence-electron chi connectivity index (χ0n) is 19.6. The number of Topliss-reactive ketones (excluding diaryl/α,β-unsaturated/α-hetero) is 1. The molecular weight excluding hydrogens is 437 g/mol. The van der Waals surface area contributed by atoms with Crippen LogP contribution < -0.4 is 5.32 Å². The standard InChI is InChI=1S/C28H39Cl2NO/c1-2-3-4-5-6-7-8-9-10-11-12-13-14-18-27(32)23-19-21-24(22-20-23)31-28-25(29)16-15-17-26(28)30/h15-17,19-22,31H,2-14,18H2,1H3. The summed E-state index contributed by atoms with van der Waals surface area (Å²) in [7, 11) is 0. The first kappa shape index (κ1) is 26.7. The molecule has 0 heterocycles. The molecule has 2 rings (SSSR count). The van der Waals surface area contributed by atoms with E-state index >= 15 is 0 Å². The number of ketones is 1. The molecule has 2 aromatic rings. The van der Waals surface area contributed by atoms with Crippen molar-refractivity contribution in [2.45, 2.75) is 96.8 Å². The fourth-order valence-electron chi connectivity index (χ4n) is 3.95. The minimum Gasteiger partial charge on any atom is -0.353 e. The monoisotopic (exact) mass is 475 g/mol. The SMILES string of the molecule is CCCCCCCCCCCCCCCC(=O)c1ccc(Nc2c(Cl)cccc2Cl)cc1. The topological polar surface area (TPSA) is 29.1 Å². The maximum absolute atomic E-state index is 12.5. The molecule has 0 aliphatic rings. The molecule has 1 N–H and O–H groups in total.